The molecule has 1 aromatic carbocycles. The molecular weight excluding hydrogens is 268 g/mol. The SMILES string of the molecule is CCC1CN(c2ncc(C(=O)O)c3ccccc23)CCO1. The lowest BCUT2D eigenvalue weighted by molar-refractivity contribution is 0.0382. The summed E-state index contributed by atoms with van der Waals surface area (Å²) in [6.07, 6.45) is 2.62. The number of carboxylic acids is 1. The molecule has 2 heterocycles. The molecule has 1 unspecified atom stereocenters. The molecule has 2 aromatic rings. The zero-order chi connectivity index (χ0) is 14.8. The first-order valence-corrected chi connectivity index (χ1v) is 7.18. The Kier molecular flexibility index (Phi) is 3.75. The van der Waals surface area contributed by atoms with E-state index >= 15 is 0 Å². The molecule has 1 aliphatic heterocycles. The third kappa shape index (κ3) is 2.56. The molecule has 21 heavy (non-hydrogen) atoms. The van der Waals surface area contributed by atoms with Crippen LogP contribution in [0.2, 0.25) is 0 Å². The van der Waals surface area contributed by atoms with Crippen molar-refractivity contribution in [1.82, 2.24) is 4.98 Å². The predicted molar refractivity (Wildman–Crippen MR) is 80.9 cm³/mol. The van der Waals surface area contributed by atoms with Crippen molar-refractivity contribution in [1.29, 1.82) is 0 Å². The van der Waals surface area contributed by atoms with Crippen LogP contribution in [0, 0.1) is 0 Å². The molecule has 1 saturated heterocycles. The molecule has 3 rings (SSSR count). The van der Waals surface area contributed by atoms with Crippen LogP contribution in [0.25, 0.3) is 10.8 Å². The lowest BCUT2D eigenvalue weighted by Gasteiger charge is -2.34. The van der Waals surface area contributed by atoms with Gasteiger partial charge in [0, 0.05) is 30.1 Å². The molecule has 5 heteroatoms. The van der Waals surface area contributed by atoms with Gasteiger partial charge in [0.05, 0.1) is 18.3 Å². The quantitative estimate of drug-likeness (QED) is 0.939. The molecule has 0 radical (unpaired) electrons. The Bertz CT molecular complexity index is 672. The third-order valence-corrected chi connectivity index (χ3v) is 3.90. The van der Waals surface area contributed by atoms with Gasteiger partial charge in [0.2, 0.25) is 0 Å². The van der Waals surface area contributed by atoms with Gasteiger partial charge in [-0.2, -0.15) is 0 Å². The molecule has 1 aliphatic rings. The summed E-state index contributed by atoms with van der Waals surface area (Å²) in [4.78, 5) is 17.9. The van der Waals surface area contributed by atoms with Crippen molar-refractivity contribution in [3.05, 3.63) is 36.0 Å². The Labute approximate surface area is 123 Å². The van der Waals surface area contributed by atoms with Crippen molar-refractivity contribution >= 4 is 22.6 Å². The summed E-state index contributed by atoms with van der Waals surface area (Å²) in [5.41, 5.74) is 0.245. The zero-order valence-electron chi connectivity index (χ0n) is 12.0. The number of hydrogen-bond donors (Lipinski definition) is 1. The van der Waals surface area contributed by atoms with Crippen LogP contribution in [0.1, 0.15) is 23.7 Å². The minimum Gasteiger partial charge on any atom is -0.478 e. The lowest BCUT2D eigenvalue weighted by Crippen LogP contribution is -2.42. The Morgan fingerprint density at radius 2 is 2.19 bits per heavy atom. The molecule has 0 spiro atoms. The number of carboxylic acid groups (broad SMARTS) is 1. The number of aromatic carboxylic acids is 1. The van der Waals surface area contributed by atoms with E-state index in [1.807, 2.05) is 24.3 Å². The zero-order valence-corrected chi connectivity index (χ0v) is 12.0. The average molecular weight is 286 g/mol. The fourth-order valence-electron chi connectivity index (χ4n) is 2.76. The second-order valence-corrected chi connectivity index (χ2v) is 5.19. The van der Waals surface area contributed by atoms with Crippen molar-refractivity contribution in [2.24, 2.45) is 0 Å². The van der Waals surface area contributed by atoms with Crippen LogP contribution in [0.3, 0.4) is 0 Å². The highest BCUT2D eigenvalue weighted by Gasteiger charge is 2.22. The van der Waals surface area contributed by atoms with E-state index < -0.39 is 5.97 Å². The summed E-state index contributed by atoms with van der Waals surface area (Å²) in [5.74, 6) is -0.101. The number of nitrogens with zero attached hydrogens (tertiary/aromatic N) is 2. The summed E-state index contributed by atoms with van der Waals surface area (Å²) >= 11 is 0. The number of aromatic nitrogens is 1. The van der Waals surface area contributed by atoms with Crippen molar-refractivity contribution in [3.63, 3.8) is 0 Å². The van der Waals surface area contributed by atoms with Gasteiger partial charge in [-0.1, -0.05) is 31.2 Å². The van der Waals surface area contributed by atoms with Gasteiger partial charge in [-0.3, -0.25) is 0 Å². The highest BCUT2D eigenvalue weighted by Crippen LogP contribution is 2.28. The standard InChI is InChI=1S/C16H18N2O3/c1-2-11-10-18(7-8-21-11)15-13-6-4-3-5-12(13)14(9-17-15)16(19)20/h3-6,9,11H,2,7-8,10H2,1H3,(H,19,20). The van der Waals surface area contributed by atoms with E-state index in [2.05, 4.69) is 16.8 Å². The van der Waals surface area contributed by atoms with Crippen LogP contribution in [0.15, 0.2) is 30.5 Å². The van der Waals surface area contributed by atoms with Crippen LogP contribution in [-0.2, 0) is 4.74 Å². The first-order chi connectivity index (χ1) is 10.2. The van der Waals surface area contributed by atoms with E-state index in [1.54, 1.807) is 0 Å². The molecule has 1 atom stereocenters. The maximum atomic E-state index is 11.3. The smallest absolute Gasteiger partial charge is 0.337 e. The number of ether oxygens (including phenoxy) is 1. The summed E-state index contributed by atoms with van der Waals surface area (Å²) in [5, 5.41) is 10.9. The van der Waals surface area contributed by atoms with Crippen LogP contribution >= 0.6 is 0 Å². The van der Waals surface area contributed by atoms with Crippen LogP contribution in [0.5, 0.6) is 0 Å². The second kappa shape index (κ2) is 5.69. The van der Waals surface area contributed by atoms with Crippen LogP contribution < -0.4 is 4.90 Å². The maximum absolute atomic E-state index is 11.3. The van der Waals surface area contributed by atoms with Gasteiger partial charge in [0.1, 0.15) is 5.82 Å². The van der Waals surface area contributed by atoms with Gasteiger partial charge in [-0.05, 0) is 6.42 Å². The molecule has 1 aromatic heterocycles. The van der Waals surface area contributed by atoms with Gasteiger partial charge in [-0.15, -0.1) is 0 Å². The summed E-state index contributed by atoms with van der Waals surface area (Å²) < 4.78 is 5.69. The van der Waals surface area contributed by atoms with Gasteiger partial charge in [0.25, 0.3) is 0 Å². The van der Waals surface area contributed by atoms with Crippen LogP contribution in [0.4, 0.5) is 5.82 Å². The van der Waals surface area contributed by atoms with Gasteiger partial charge >= 0.3 is 5.97 Å². The molecule has 1 N–H and O–H groups in total. The maximum Gasteiger partial charge on any atom is 0.337 e. The average Bonchev–Trinajstić information content (AvgIpc) is 2.53. The van der Waals surface area contributed by atoms with Crippen molar-refractivity contribution in [2.45, 2.75) is 19.4 Å². The summed E-state index contributed by atoms with van der Waals surface area (Å²) in [7, 11) is 0. The van der Waals surface area contributed by atoms with E-state index in [0.717, 1.165) is 36.1 Å². The minimum atomic E-state index is -0.946. The number of hydrogen-bond acceptors (Lipinski definition) is 4. The lowest BCUT2D eigenvalue weighted by atomic mass is 10.1. The van der Waals surface area contributed by atoms with Gasteiger partial charge in [-0.25, -0.2) is 9.78 Å². The predicted octanol–water partition coefficient (Wildman–Crippen LogP) is 2.55. The van der Waals surface area contributed by atoms with E-state index in [0.29, 0.717) is 6.61 Å². The second-order valence-electron chi connectivity index (χ2n) is 5.19. The third-order valence-electron chi connectivity index (χ3n) is 3.90. The number of anilines is 1. The van der Waals surface area contributed by atoms with Gasteiger partial charge in [0.15, 0.2) is 0 Å². The number of fused-ring (bicyclic) bond motifs is 1. The molecular formula is C16H18N2O3. The summed E-state index contributed by atoms with van der Waals surface area (Å²) in [6.45, 7) is 4.35. The van der Waals surface area contributed by atoms with Crippen molar-refractivity contribution < 1.29 is 14.6 Å². The largest absolute Gasteiger partial charge is 0.478 e. The monoisotopic (exact) mass is 286 g/mol. The van der Waals surface area contributed by atoms with Crippen LogP contribution in [-0.4, -0.2) is 41.9 Å². The first kappa shape index (κ1) is 13.8. The van der Waals surface area contributed by atoms with Crippen molar-refractivity contribution in [2.75, 3.05) is 24.6 Å². The number of pyridine rings is 1. The number of carbonyl (C=O) groups is 1. The van der Waals surface area contributed by atoms with E-state index in [4.69, 9.17) is 4.74 Å². The minimum absolute atomic E-state index is 0.207. The topological polar surface area (TPSA) is 62.7 Å². The van der Waals surface area contributed by atoms with E-state index in [1.165, 1.54) is 6.20 Å². The highest BCUT2D eigenvalue weighted by molar-refractivity contribution is 6.06. The Morgan fingerprint density at radius 3 is 2.90 bits per heavy atom. The highest BCUT2D eigenvalue weighted by atomic mass is 16.5. The Hall–Kier alpha value is -2.14. The van der Waals surface area contributed by atoms with E-state index in [-0.39, 0.29) is 11.7 Å². The molecule has 110 valence electrons. The number of benzene rings is 1. The number of rotatable bonds is 3. The molecule has 0 aliphatic carbocycles. The Balaban J connectivity index is 2.07. The van der Waals surface area contributed by atoms with Gasteiger partial charge < -0.3 is 14.7 Å². The normalized spacial score (nSPS) is 18.9. The first-order valence-electron chi connectivity index (χ1n) is 7.18. The van der Waals surface area contributed by atoms with Crippen molar-refractivity contribution in [3.8, 4) is 0 Å². The molecule has 0 amide bonds. The molecule has 0 saturated carbocycles. The molecule has 1 fully saturated rings. The number of morpholine rings is 1. The molecule has 5 nitrogen and oxygen atoms in total. The summed E-state index contributed by atoms with van der Waals surface area (Å²) in [6, 6.07) is 7.53. The fourth-order valence-corrected chi connectivity index (χ4v) is 2.76. The molecule has 0 bridgehead atoms. The Morgan fingerprint density at radius 1 is 1.43 bits per heavy atom. The van der Waals surface area contributed by atoms with E-state index in [9.17, 15) is 9.90 Å². The fraction of sp³-hybridized carbons (Fsp3) is 0.375.